The molecule has 0 saturated carbocycles. The van der Waals surface area contributed by atoms with Gasteiger partial charge in [-0.15, -0.1) is 0 Å². The van der Waals surface area contributed by atoms with Crippen LogP contribution in [0.3, 0.4) is 0 Å². The van der Waals surface area contributed by atoms with Gasteiger partial charge in [0.2, 0.25) is 0 Å². The van der Waals surface area contributed by atoms with Gasteiger partial charge in [0.15, 0.2) is 0 Å². The molecule has 0 aliphatic heterocycles. The van der Waals surface area contributed by atoms with Gasteiger partial charge in [-0.3, -0.25) is 9.78 Å². The quantitative estimate of drug-likeness (QED) is 0.862. The third kappa shape index (κ3) is 3.04. The number of nitrogens with one attached hydrogen (secondary N) is 2. The molecule has 0 aliphatic carbocycles. The molecule has 2 aromatic rings. The highest BCUT2D eigenvalue weighted by Crippen LogP contribution is 2.14. The van der Waals surface area contributed by atoms with Gasteiger partial charge in [0.1, 0.15) is 5.02 Å². The van der Waals surface area contributed by atoms with E-state index in [2.05, 4.69) is 20.5 Å². The molecule has 2 aromatic heterocycles. The molecule has 0 amide bonds. The number of H-pyrrole nitrogens is 1. The van der Waals surface area contributed by atoms with Crippen LogP contribution in [0.2, 0.25) is 5.02 Å². The van der Waals surface area contributed by atoms with E-state index in [0.717, 1.165) is 6.42 Å². The number of aromatic amines is 1. The topological polar surface area (TPSA) is 70.7 Å². The van der Waals surface area contributed by atoms with Crippen molar-refractivity contribution in [3.05, 3.63) is 51.7 Å². The number of rotatable bonds is 4. The van der Waals surface area contributed by atoms with E-state index in [9.17, 15) is 4.79 Å². The molecule has 0 fully saturated rings. The Balaban J connectivity index is 1.95. The van der Waals surface area contributed by atoms with Gasteiger partial charge in [0.05, 0.1) is 11.9 Å². The molecular formula is C11H11ClN4O. The summed E-state index contributed by atoms with van der Waals surface area (Å²) in [5.41, 5.74) is 1.33. The van der Waals surface area contributed by atoms with Crippen LogP contribution in [0.1, 0.15) is 5.56 Å². The van der Waals surface area contributed by atoms with Crippen molar-refractivity contribution in [2.45, 2.75) is 6.42 Å². The Morgan fingerprint density at radius 3 is 2.88 bits per heavy atom. The molecule has 5 nitrogen and oxygen atoms in total. The Hall–Kier alpha value is -1.88. The largest absolute Gasteiger partial charge is 0.382 e. The second-order valence-corrected chi connectivity index (χ2v) is 3.84. The number of halogens is 1. The monoisotopic (exact) mass is 250 g/mol. The summed E-state index contributed by atoms with van der Waals surface area (Å²) < 4.78 is 0. The molecule has 0 radical (unpaired) electrons. The predicted molar refractivity (Wildman–Crippen MR) is 66.3 cm³/mol. The maximum Gasteiger partial charge on any atom is 0.285 e. The molecule has 17 heavy (non-hydrogen) atoms. The number of hydrogen-bond donors (Lipinski definition) is 2. The van der Waals surface area contributed by atoms with Crippen molar-refractivity contribution < 1.29 is 0 Å². The molecule has 0 unspecified atom stereocenters. The fraction of sp³-hybridized carbons (Fsp3) is 0.182. The van der Waals surface area contributed by atoms with Crippen molar-refractivity contribution in [2.24, 2.45) is 0 Å². The van der Waals surface area contributed by atoms with E-state index in [0.29, 0.717) is 12.2 Å². The minimum Gasteiger partial charge on any atom is -0.382 e. The molecule has 0 aromatic carbocycles. The number of pyridine rings is 1. The third-order valence-corrected chi connectivity index (χ3v) is 2.65. The Labute approximate surface area is 103 Å². The van der Waals surface area contributed by atoms with Crippen LogP contribution in [-0.4, -0.2) is 21.7 Å². The first-order chi connectivity index (χ1) is 8.27. The smallest absolute Gasteiger partial charge is 0.285 e. The molecule has 2 rings (SSSR count). The summed E-state index contributed by atoms with van der Waals surface area (Å²) in [5, 5.41) is 9.14. The van der Waals surface area contributed by atoms with Gasteiger partial charge < -0.3 is 5.32 Å². The average Bonchev–Trinajstić information content (AvgIpc) is 2.36. The summed E-state index contributed by atoms with van der Waals surface area (Å²) in [7, 11) is 0. The maximum absolute atomic E-state index is 11.2. The predicted octanol–water partition coefficient (Wildman–Crippen LogP) is 1.47. The molecule has 6 heteroatoms. The van der Waals surface area contributed by atoms with Gasteiger partial charge in [-0.25, -0.2) is 5.10 Å². The highest BCUT2D eigenvalue weighted by atomic mass is 35.5. The van der Waals surface area contributed by atoms with E-state index in [1.165, 1.54) is 11.8 Å². The Bertz CT molecular complexity index is 541. The molecule has 2 heterocycles. The highest BCUT2D eigenvalue weighted by molar-refractivity contribution is 6.32. The first-order valence-corrected chi connectivity index (χ1v) is 5.51. The molecular weight excluding hydrogens is 240 g/mol. The normalized spacial score (nSPS) is 10.2. The average molecular weight is 251 g/mol. The van der Waals surface area contributed by atoms with Crippen LogP contribution in [0, 0.1) is 0 Å². The zero-order chi connectivity index (χ0) is 12.1. The summed E-state index contributed by atoms with van der Waals surface area (Å²) >= 11 is 5.82. The lowest BCUT2D eigenvalue weighted by Crippen LogP contribution is -2.13. The van der Waals surface area contributed by atoms with E-state index >= 15 is 0 Å². The number of aromatic nitrogens is 3. The Morgan fingerprint density at radius 1 is 1.35 bits per heavy atom. The van der Waals surface area contributed by atoms with Gasteiger partial charge in [-0.05, 0) is 24.1 Å². The van der Waals surface area contributed by atoms with E-state index in [1.54, 1.807) is 12.4 Å². The van der Waals surface area contributed by atoms with Crippen molar-refractivity contribution in [1.29, 1.82) is 0 Å². The molecule has 0 atom stereocenters. The number of nitrogens with zero attached hydrogens (tertiary/aromatic N) is 2. The molecule has 0 aliphatic rings. The van der Waals surface area contributed by atoms with Gasteiger partial charge >= 0.3 is 0 Å². The van der Waals surface area contributed by atoms with Crippen LogP contribution in [0.15, 0.2) is 35.5 Å². The minimum absolute atomic E-state index is 0.134. The van der Waals surface area contributed by atoms with Crippen LogP contribution >= 0.6 is 11.6 Å². The number of hydrogen-bond acceptors (Lipinski definition) is 4. The zero-order valence-electron chi connectivity index (χ0n) is 8.98. The lowest BCUT2D eigenvalue weighted by Gasteiger charge is -2.06. The second-order valence-electron chi connectivity index (χ2n) is 3.46. The standard InChI is InChI=1S/C11H11ClN4O/c12-10-9(7-15-16-11(10)17)14-6-3-8-1-4-13-5-2-8/h1-2,4-5,7H,3,6H2,(H2,14,16,17). The zero-order valence-corrected chi connectivity index (χ0v) is 9.74. The van der Waals surface area contributed by atoms with E-state index in [4.69, 9.17) is 11.6 Å². The maximum atomic E-state index is 11.2. The molecule has 0 saturated heterocycles. The SMILES string of the molecule is O=c1[nH]ncc(NCCc2ccncc2)c1Cl. The molecule has 0 spiro atoms. The summed E-state index contributed by atoms with van der Waals surface area (Å²) in [4.78, 5) is 15.1. The van der Waals surface area contributed by atoms with Crippen LogP contribution in [-0.2, 0) is 6.42 Å². The van der Waals surface area contributed by atoms with Crippen LogP contribution < -0.4 is 10.9 Å². The summed E-state index contributed by atoms with van der Waals surface area (Å²) in [6.07, 6.45) is 5.82. The van der Waals surface area contributed by atoms with Gasteiger partial charge in [0, 0.05) is 18.9 Å². The Morgan fingerprint density at radius 2 is 2.12 bits per heavy atom. The van der Waals surface area contributed by atoms with Crippen LogP contribution in [0.5, 0.6) is 0 Å². The summed E-state index contributed by atoms with van der Waals surface area (Å²) in [5.74, 6) is 0. The van der Waals surface area contributed by atoms with Crippen molar-refractivity contribution >= 4 is 17.3 Å². The second kappa shape index (κ2) is 5.45. The van der Waals surface area contributed by atoms with E-state index in [-0.39, 0.29) is 10.6 Å². The fourth-order valence-electron chi connectivity index (χ4n) is 1.40. The summed E-state index contributed by atoms with van der Waals surface area (Å²) in [6, 6.07) is 3.89. The van der Waals surface area contributed by atoms with Crippen molar-refractivity contribution in [3.8, 4) is 0 Å². The Kier molecular flexibility index (Phi) is 3.72. The molecule has 2 N–H and O–H groups in total. The van der Waals surface area contributed by atoms with Crippen LogP contribution in [0.4, 0.5) is 5.69 Å². The van der Waals surface area contributed by atoms with Gasteiger partial charge in [-0.1, -0.05) is 11.6 Å². The first kappa shape index (κ1) is 11.6. The van der Waals surface area contributed by atoms with Gasteiger partial charge in [0.25, 0.3) is 5.56 Å². The van der Waals surface area contributed by atoms with Crippen LogP contribution in [0.25, 0.3) is 0 Å². The van der Waals surface area contributed by atoms with Crippen molar-refractivity contribution in [1.82, 2.24) is 15.2 Å². The third-order valence-electron chi connectivity index (χ3n) is 2.27. The lowest BCUT2D eigenvalue weighted by molar-refractivity contribution is 0.967. The first-order valence-electron chi connectivity index (χ1n) is 5.13. The lowest BCUT2D eigenvalue weighted by atomic mass is 10.2. The number of anilines is 1. The van der Waals surface area contributed by atoms with E-state index < -0.39 is 0 Å². The molecule has 0 bridgehead atoms. The highest BCUT2D eigenvalue weighted by Gasteiger charge is 2.03. The van der Waals surface area contributed by atoms with E-state index in [1.807, 2.05) is 12.1 Å². The van der Waals surface area contributed by atoms with Crippen molar-refractivity contribution in [3.63, 3.8) is 0 Å². The fourth-order valence-corrected chi connectivity index (χ4v) is 1.56. The van der Waals surface area contributed by atoms with Crippen molar-refractivity contribution in [2.75, 3.05) is 11.9 Å². The summed E-state index contributed by atoms with van der Waals surface area (Å²) in [6.45, 7) is 0.675. The van der Waals surface area contributed by atoms with Gasteiger partial charge in [-0.2, -0.15) is 5.10 Å². The minimum atomic E-state index is -0.388. The molecule has 88 valence electrons.